The Bertz CT molecular complexity index is 919. The van der Waals surface area contributed by atoms with Gasteiger partial charge in [-0.05, 0) is 44.7 Å². The third kappa shape index (κ3) is 3.16. The molecule has 2 unspecified atom stereocenters. The lowest BCUT2D eigenvalue weighted by atomic mass is 9.76. The maximum absolute atomic E-state index is 5.85. The fourth-order valence-corrected chi connectivity index (χ4v) is 5.03. The summed E-state index contributed by atoms with van der Waals surface area (Å²) in [7, 11) is 2.26. The molecule has 146 valence electrons. The summed E-state index contributed by atoms with van der Waals surface area (Å²) in [4.78, 5) is 7.39. The van der Waals surface area contributed by atoms with E-state index in [2.05, 4.69) is 48.3 Å². The van der Waals surface area contributed by atoms with E-state index in [0.717, 1.165) is 17.9 Å². The lowest BCUT2D eigenvalue weighted by Crippen LogP contribution is -2.44. The molecular formula is C24H29N3O. The summed E-state index contributed by atoms with van der Waals surface area (Å²) in [6, 6.07) is 20.2. The molecule has 28 heavy (non-hydrogen) atoms. The normalized spacial score (nSPS) is 26.8. The minimum Gasteiger partial charge on any atom is -0.339 e. The van der Waals surface area contributed by atoms with Gasteiger partial charge in [-0.25, -0.2) is 0 Å². The smallest absolute Gasteiger partial charge is 0.232 e. The summed E-state index contributed by atoms with van der Waals surface area (Å²) in [6.45, 7) is 2.14. The molecule has 2 aromatic carbocycles. The van der Waals surface area contributed by atoms with E-state index in [1.165, 1.54) is 24.0 Å². The summed E-state index contributed by atoms with van der Waals surface area (Å²) in [6.07, 6.45) is 3.63. The number of rotatable bonds is 3. The van der Waals surface area contributed by atoms with Crippen molar-refractivity contribution in [3.63, 3.8) is 0 Å². The number of nitrogens with zero attached hydrogens (tertiary/aromatic N) is 3. The van der Waals surface area contributed by atoms with E-state index in [1.54, 1.807) is 0 Å². The van der Waals surface area contributed by atoms with Crippen molar-refractivity contribution < 1.29 is 4.52 Å². The second kappa shape index (κ2) is 7.51. The van der Waals surface area contributed by atoms with Crippen molar-refractivity contribution in [2.75, 3.05) is 7.05 Å². The van der Waals surface area contributed by atoms with Gasteiger partial charge in [0.1, 0.15) is 0 Å². The third-order valence-corrected chi connectivity index (χ3v) is 6.53. The SMILES string of the molecule is C.Cc1ccc([C@H]2C[C@H]3CCC(C2c2nc(-c4ccccc4)no2)N3C)cc1. The van der Waals surface area contributed by atoms with E-state index in [4.69, 9.17) is 9.51 Å². The molecule has 2 bridgehead atoms. The average Bonchev–Trinajstić information content (AvgIpc) is 3.26. The highest BCUT2D eigenvalue weighted by atomic mass is 16.5. The van der Waals surface area contributed by atoms with Gasteiger partial charge in [0.15, 0.2) is 0 Å². The van der Waals surface area contributed by atoms with E-state index in [-0.39, 0.29) is 13.3 Å². The molecule has 0 amide bonds. The molecule has 5 rings (SSSR count). The maximum Gasteiger partial charge on any atom is 0.232 e. The molecular weight excluding hydrogens is 346 g/mol. The first kappa shape index (κ1) is 18.9. The van der Waals surface area contributed by atoms with Crippen LogP contribution in [0.25, 0.3) is 11.4 Å². The number of benzene rings is 2. The largest absolute Gasteiger partial charge is 0.339 e. The molecule has 4 nitrogen and oxygen atoms in total. The Morgan fingerprint density at radius 3 is 2.50 bits per heavy atom. The summed E-state index contributed by atoms with van der Waals surface area (Å²) >= 11 is 0. The minimum atomic E-state index is 0. The van der Waals surface area contributed by atoms with Crippen LogP contribution in [-0.4, -0.2) is 34.2 Å². The topological polar surface area (TPSA) is 42.2 Å². The fraction of sp³-hybridized carbons (Fsp3) is 0.417. The monoisotopic (exact) mass is 375 g/mol. The fourth-order valence-electron chi connectivity index (χ4n) is 5.03. The first-order valence-electron chi connectivity index (χ1n) is 9.88. The van der Waals surface area contributed by atoms with Crippen LogP contribution in [0.2, 0.25) is 0 Å². The van der Waals surface area contributed by atoms with Gasteiger partial charge in [0.2, 0.25) is 11.7 Å². The lowest BCUT2D eigenvalue weighted by Gasteiger charge is -2.41. The van der Waals surface area contributed by atoms with Crippen molar-refractivity contribution in [2.45, 2.75) is 57.5 Å². The Morgan fingerprint density at radius 2 is 1.75 bits per heavy atom. The molecule has 2 fully saturated rings. The van der Waals surface area contributed by atoms with Gasteiger partial charge in [0, 0.05) is 17.6 Å². The summed E-state index contributed by atoms with van der Waals surface area (Å²) < 4.78 is 5.85. The lowest BCUT2D eigenvalue weighted by molar-refractivity contribution is 0.120. The number of fused-ring (bicyclic) bond motifs is 2. The zero-order valence-electron chi connectivity index (χ0n) is 15.9. The average molecular weight is 376 g/mol. The molecule has 0 N–H and O–H groups in total. The summed E-state index contributed by atoms with van der Waals surface area (Å²) in [5.74, 6) is 2.16. The van der Waals surface area contributed by atoms with Crippen LogP contribution in [0.5, 0.6) is 0 Å². The highest BCUT2D eigenvalue weighted by Gasteiger charge is 2.48. The van der Waals surface area contributed by atoms with Crippen molar-refractivity contribution in [1.29, 1.82) is 0 Å². The molecule has 2 aliphatic heterocycles. The van der Waals surface area contributed by atoms with Gasteiger partial charge in [0.25, 0.3) is 0 Å². The van der Waals surface area contributed by atoms with Crippen LogP contribution in [0, 0.1) is 6.92 Å². The van der Waals surface area contributed by atoms with Crippen LogP contribution in [0.3, 0.4) is 0 Å². The van der Waals surface area contributed by atoms with Crippen molar-refractivity contribution >= 4 is 0 Å². The van der Waals surface area contributed by atoms with Crippen LogP contribution in [0.15, 0.2) is 59.1 Å². The second-order valence-electron chi connectivity index (χ2n) is 8.06. The van der Waals surface area contributed by atoms with Gasteiger partial charge in [-0.3, -0.25) is 4.90 Å². The highest BCUT2D eigenvalue weighted by molar-refractivity contribution is 5.53. The number of aryl methyl sites for hydroxylation is 1. The van der Waals surface area contributed by atoms with Crippen LogP contribution in [0.4, 0.5) is 0 Å². The van der Waals surface area contributed by atoms with Gasteiger partial charge < -0.3 is 4.52 Å². The Balaban J connectivity index is 0.00000192. The zero-order chi connectivity index (χ0) is 18.4. The van der Waals surface area contributed by atoms with Crippen molar-refractivity contribution in [3.8, 4) is 11.4 Å². The van der Waals surface area contributed by atoms with E-state index >= 15 is 0 Å². The summed E-state index contributed by atoms with van der Waals surface area (Å²) in [5, 5.41) is 4.31. The molecule has 0 saturated carbocycles. The van der Waals surface area contributed by atoms with Crippen LogP contribution in [0.1, 0.15) is 55.5 Å². The molecule has 2 aliphatic rings. The first-order chi connectivity index (χ1) is 13.2. The van der Waals surface area contributed by atoms with Crippen molar-refractivity contribution in [2.24, 2.45) is 0 Å². The number of piperidine rings is 1. The molecule has 3 heterocycles. The Labute approximate surface area is 167 Å². The third-order valence-electron chi connectivity index (χ3n) is 6.53. The zero-order valence-corrected chi connectivity index (χ0v) is 15.9. The second-order valence-corrected chi connectivity index (χ2v) is 8.06. The van der Waals surface area contributed by atoms with Crippen molar-refractivity contribution in [3.05, 3.63) is 71.6 Å². The Morgan fingerprint density at radius 1 is 1.00 bits per heavy atom. The number of likely N-dealkylation sites (N-methyl/N-ethyl adjacent to an activating group) is 1. The van der Waals surface area contributed by atoms with Gasteiger partial charge in [-0.2, -0.15) is 4.98 Å². The van der Waals surface area contributed by atoms with E-state index in [9.17, 15) is 0 Å². The molecule has 4 heteroatoms. The quantitative estimate of drug-likeness (QED) is 0.613. The molecule has 2 saturated heterocycles. The maximum atomic E-state index is 5.85. The molecule has 3 aromatic rings. The molecule has 1 aromatic heterocycles. The van der Waals surface area contributed by atoms with E-state index < -0.39 is 0 Å². The van der Waals surface area contributed by atoms with Gasteiger partial charge in [0.05, 0.1) is 5.92 Å². The van der Waals surface area contributed by atoms with Gasteiger partial charge >= 0.3 is 0 Å². The molecule has 0 radical (unpaired) electrons. The minimum absolute atomic E-state index is 0. The number of hydrogen-bond donors (Lipinski definition) is 0. The van der Waals surface area contributed by atoms with E-state index in [0.29, 0.717) is 23.8 Å². The summed E-state index contributed by atoms with van der Waals surface area (Å²) in [5.41, 5.74) is 3.71. The standard InChI is InChI=1S/C23H25N3O.CH4/c1-15-8-10-16(11-9-15)19-14-18-12-13-20(26(18)2)21(19)23-24-22(25-27-23)17-6-4-3-5-7-17;/h3-11,18-21H,12-14H2,1-2H3;1H4/t18-,19-,20?,21?;/m1./s1. The number of aromatic nitrogens is 2. The van der Waals surface area contributed by atoms with Gasteiger partial charge in [-0.1, -0.05) is 72.7 Å². The Hall–Kier alpha value is -2.46. The highest BCUT2D eigenvalue weighted by Crippen LogP contribution is 2.50. The van der Waals surface area contributed by atoms with Crippen molar-refractivity contribution in [1.82, 2.24) is 15.0 Å². The van der Waals surface area contributed by atoms with E-state index in [1.807, 2.05) is 30.3 Å². The first-order valence-corrected chi connectivity index (χ1v) is 9.88. The van der Waals surface area contributed by atoms with Crippen LogP contribution >= 0.6 is 0 Å². The van der Waals surface area contributed by atoms with Gasteiger partial charge in [-0.15, -0.1) is 0 Å². The molecule has 0 spiro atoms. The molecule has 4 atom stereocenters. The predicted molar refractivity (Wildman–Crippen MR) is 112 cm³/mol. The number of hydrogen-bond acceptors (Lipinski definition) is 4. The molecule has 0 aliphatic carbocycles. The Kier molecular flexibility index (Phi) is 5.07. The van der Waals surface area contributed by atoms with Crippen LogP contribution in [-0.2, 0) is 0 Å². The predicted octanol–water partition coefficient (Wildman–Crippen LogP) is 5.42. The van der Waals surface area contributed by atoms with Crippen LogP contribution < -0.4 is 0 Å².